The first-order valence-corrected chi connectivity index (χ1v) is 6.75. The van der Waals surface area contributed by atoms with Gasteiger partial charge in [0, 0.05) is 27.1 Å². The van der Waals surface area contributed by atoms with Crippen LogP contribution in [0.2, 0.25) is 0 Å². The molecule has 1 amide bonds. The topological polar surface area (TPSA) is 55.6 Å². The van der Waals surface area contributed by atoms with Gasteiger partial charge in [0.15, 0.2) is 0 Å². The molecule has 0 aliphatic rings. The zero-order valence-electron chi connectivity index (χ0n) is 11.9. The van der Waals surface area contributed by atoms with Gasteiger partial charge in [-0.1, -0.05) is 12.1 Å². The predicted molar refractivity (Wildman–Crippen MR) is 77.2 cm³/mol. The number of carbonyl (C=O) groups is 1. The van der Waals surface area contributed by atoms with Gasteiger partial charge < -0.3 is 15.4 Å². The maximum atomic E-state index is 11.4. The van der Waals surface area contributed by atoms with Crippen LogP contribution in [0.4, 0.5) is 0 Å². The van der Waals surface area contributed by atoms with Crippen molar-refractivity contribution in [3.8, 4) is 5.75 Å². The zero-order valence-corrected chi connectivity index (χ0v) is 11.9. The summed E-state index contributed by atoms with van der Waals surface area (Å²) < 4.78 is 5.49. The van der Waals surface area contributed by atoms with Crippen LogP contribution in [0.25, 0.3) is 0 Å². The van der Waals surface area contributed by atoms with E-state index in [0.29, 0.717) is 19.6 Å². The number of carbonyl (C=O) groups excluding carboxylic acids is 1. The van der Waals surface area contributed by atoms with Gasteiger partial charge in [-0.2, -0.15) is 0 Å². The molecule has 0 aromatic heterocycles. The van der Waals surface area contributed by atoms with Crippen LogP contribution in [0.3, 0.4) is 0 Å². The first-order chi connectivity index (χ1) is 9.13. The molecular formula is C15H24N2O2. The molecule has 1 aromatic carbocycles. The van der Waals surface area contributed by atoms with Gasteiger partial charge in [0.25, 0.3) is 0 Å². The molecule has 0 aliphatic carbocycles. The van der Waals surface area contributed by atoms with Gasteiger partial charge in [-0.05, 0) is 37.0 Å². The average molecular weight is 264 g/mol. The molecule has 0 spiro atoms. The lowest BCUT2D eigenvalue weighted by atomic mass is 10.1. The van der Waals surface area contributed by atoms with Gasteiger partial charge >= 0.3 is 0 Å². The normalized spacial score (nSPS) is 10.3. The average Bonchev–Trinajstić information content (AvgIpc) is 2.41. The highest BCUT2D eigenvalue weighted by Crippen LogP contribution is 2.15. The van der Waals surface area contributed by atoms with Crippen molar-refractivity contribution >= 4 is 5.91 Å². The fourth-order valence-corrected chi connectivity index (χ4v) is 1.80. The second kappa shape index (κ2) is 8.53. The Labute approximate surface area is 115 Å². The molecule has 0 unspecified atom stereocenters. The Balaban J connectivity index is 2.31. The van der Waals surface area contributed by atoms with E-state index in [0.717, 1.165) is 25.0 Å². The molecule has 0 saturated heterocycles. The first kappa shape index (κ1) is 15.5. The fraction of sp³-hybridized carbons (Fsp3) is 0.533. The van der Waals surface area contributed by atoms with Crippen LogP contribution < -0.4 is 10.5 Å². The molecule has 2 N–H and O–H groups in total. The molecule has 106 valence electrons. The number of ether oxygens (including phenoxy) is 1. The quantitative estimate of drug-likeness (QED) is 0.729. The van der Waals surface area contributed by atoms with E-state index >= 15 is 0 Å². The Kier molecular flexibility index (Phi) is 6.97. The third kappa shape index (κ3) is 6.25. The number of aryl methyl sites for hydroxylation is 1. The monoisotopic (exact) mass is 264 g/mol. The molecular weight excluding hydrogens is 240 g/mol. The summed E-state index contributed by atoms with van der Waals surface area (Å²) in [6, 6.07) is 8.06. The number of nitrogens with two attached hydrogens (primary N) is 1. The molecule has 1 aromatic rings. The third-order valence-corrected chi connectivity index (χ3v) is 2.89. The number of unbranched alkanes of at least 4 members (excludes halogenated alkanes) is 1. The van der Waals surface area contributed by atoms with E-state index < -0.39 is 0 Å². The van der Waals surface area contributed by atoms with Crippen LogP contribution in [0.1, 0.15) is 24.8 Å². The van der Waals surface area contributed by atoms with E-state index in [1.165, 1.54) is 5.56 Å². The van der Waals surface area contributed by atoms with E-state index in [4.69, 9.17) is 10.5 Å². The largest absolute Gasteiger partial charge is 0.492 e. The van der Waals surface area contributed by atoms with E-state index in [1.807, 2.05) is 18.2 Å². The van der Waals surface area contributed by atoms with Crippen molar-refractivity contribution in [1.82, 2.24) is 4.90 Å². The summed E-state index contributed by atoms with van der Waals surface area (Å²) in [6.07, 6.45) is 3.53. The summed E-state index contributed by atoms with van der Waals surface area (Å²) in [5.41, 5.74) is 6.65. The van der Waals surface area contributed by atoms with Crippen molar-refractivity contribution < 1.29 is 9.53 Å². The minimum atomic E-state index is 0.194. The van der Waals surface area contributed by atoms with Crippen LogP contribution in [0, 0.1) is 0 Å². The minimum Gasteiger partial charge on any atom is -0.492 e. The van der Waals surface area contributed by atoms with Crippen LogP contribution in [0.15, 0.2) is 24.3 Å². The summed E-state index contributed by atoms with van der Waals surface area (Å²) in [5, 5.41) is 0. The number of nitrogens with zero attached hydrogens (tertiary/aromatic N) is 1. The summed E-state index contributed by atoms with van der Waals surface area (Å²) in [5.74, 6) is 1.06. The predicted octanol–water partition coefficient (Wildman–Crippen LogP) is 1.83. The Bertz CT molecular complexity index is 391. The maximum absolute atomic E-state index is 11.4. The lowest BCUT2D eigenvalue weighted by molar-refractivity contribution is -0.128. The smallest absolute Gasteiger partial charge is 0.222 e. The Morgan fingerprint density at radius 1 is 1.32 bits per heavy atom. The molecule has 0 fully saturated rings. The van der Waals surface area contributed by atoms with Crippen LogP contribution in [-0.2, 0) is 11.2 Å². The highest BCUT2D eigenvalue weighted by atomic mass is 16.5. The van der Waals surface area contributed by atoms with Crippen molar-refractivity contribution in [2.75, 3.05) is 27.2 Å². The van der Waals surface area contributed by atoms with Crippen molar-refractivity contribution in [3.63, 3.8) is 0 Å². The fourth-order valence-electron chi connectivity index (χ4n) is 1.80. The lowest BCUT2D eigenvalue weighted by Crippen LogP contribution is -2.21. The van der Waals surface area contributed by atoms with Gasteiger partial charge in [-0.25, -0.2) is 0 Å². The van der Waals surface area contributed by atoms with Crippen LogP contribution >= 0.6 is 0 Å². The Morgan fingerprint density at radius 2 is 2.11 bits per heavy atom. The van der Waals surface area contributed by atoms with Gasteiger partial charge in [0.2, 0.25) is 5.91 Å². The van der Waals surface area contributed by atoms with Crippen molar-refractivity contribution in [2.45, 2.75) is 25.7 Å². The maximum Gasteiger partial charge on any atom is 0.222 e. The number of amides is 1. The van der Waals surface area contributed by atoms with E-state index in [1.54, 1.807) is 19.0 Å². The molecule has 4 heteroatoms. The summed E-state index contributed by atoms with van der Waals surface area (Å²) in [6.45, 7) is 1.07. The summed E-state index contributed by atoms with van der Waals surface area (Å²) in [4.78, 5) is 13.1. The number of rotatable bonds is 8. The second-order valence-corrected chi connectivity index (χ2v) is 4.78. The molecule has 0 heterocycles. The lowest BCUT2D eigenvalue weighted by Gasteiger charge is -2.10. The summed E-state index contributed by atoms with van der Waals surface area (Å²) >= 11 is 0. The van der Waals surface area contributed by atoms with Crippen molar-refractivity contribution in [3.05, 3.63) is 29.8 Å². The SMILES string of the molecule is CN(C)C(=O)CCCCc1cccc(OCCN)c1. The number of hydrogen-bond acceptors (Lipinski definition) is 3. The Morgan fingerprint density at radius 3 is 2.79 bits per heavy atom. The molecule has 0 aliphatic heterocycles. The number of benzene rings is 1. The van der Waals surface area contributed by atoms with E-state index in [2.05, 4.69) is 6.07 Å². The molecule has 0 radical (unpaired) electrons. The zero-order chi connectivity index (χ0) is 14.1. The van der Waals surface area contributed by atoms with Crippen LogP contribution in [0.5, 0.6) is 5.75 Å². The molecule has 0 saturated carbocycles. The molecule has 4 nitrogen and oxygen atoms in total. The number of hydrogen-bond donors (Lipinski definition) is 1. The summed E-state index contributed by atoms with van der Waals surface area (Å²) in [7, 11) is 3.58. The highest BCUT2D eigenvalue weighted by molar-refractivity contribution is 5.75. The second-order valence-electron chi connectivity index (χ2n) is 4.78. The molecule has 1 rings (SSSR count). The Hall–Kier alpha value is -1.55. The molecule has 0 bridgehead atoms. The molecule has 0 atom stereocenters. The highest BCUT2D eigenvalue weighted by Gasteiger charge is 2.03. The minimum absolute atomic E-state index is 0.194. The van der Waals surface area contributed by atoms with Gasteiger partial charge in [0.1, 0.15) is 12.4 Å². The van der Waals surface area contributed by atoms with Crippen molar-refractivity contribution in [1.29, 1.82) is 0 Å². The molecule has 19 heavy (non-hydrogen) atoms. The van der Waals surface area contributed by atoms with E-state index in [-0.39, 0.29) is 5.91 Å². The van der Waals surface area contributed by atoms with Gasteiger partial charge in [-0.15, -0.1) is 0 Å². The van der Waals surface area contributed by atoms with E-state index in [9.17, 15) is 4.79 Å². The first-order valence-electron chi connectivity index (χ1n) is 6.75. The van der Waals surface area contributed by atoms with Crippen LogP contribution in [-0.4, -0.2) is 38.1 Å². The van der Waals surface area contributed by atoms with Gasteiger partial charge in [0.05, 0.1) is 0 Å². The third-order valence-electron chi connectivity index (χ3n) is 2.89. The van der Waals surface area contributed by atoms with Gasteiger partial charge in [-0.3, -0.25) is 4.79 Å². The van der Waals surface area contributed by atoms with Crippen molar-refractivity contribution in [2.24, 2.45) is 5.73 Å². The standard InChI is InChI=1S/C15H24N2O2/c1-17(2)15(18)9-4-3-6-13-7-5-8-14(12-13)19-11-10-16/h5,7-8,12H,3-4,6,9-11,16H2,1-2H3.